The van der Waals surface area contributed by atoms with Crippen LogP contribution < -0.4 is 10.6 Å². The zero-order valence-electron chi connectivity index (χ0n) is 12.7. The molecular formula is C16H27N3O. The van der Waals surface area contributed by atoms with Gasteiger partial charge in [0.15, 0.2) is 0 Å². The van der Waals surface area contributed by atoms with Gasteiger partial charge in [0.25, 0.3) is 0 Å². The van der Waals surface area contributed by atoms with E-state index in [1.54, 1.807) is 7.11 Å². The molecule has 1 fully saturated rings. The van der Waals surface area contributed by atoms with Crippen molar-refractivity contribution in [3.63, 3.8) is 0 Å². The first kappa shape index (κ1) is 15.3. The molecule has 1 heterocycles. The minimum absolute atomic E-state index is 0.00245. The molecule has 0 aliphatic carbocycles. The number of nitrogens with zero attached hydrogens (tertiary/aromatic N) is 2. The van der Waals surface area contributed by atoms with Crippen molar-refractivity contribution in [3.05, 3.63) is 30.3 Å². The van der Waals surface area contributed by atoms with E-state index in [0.29, 0.717) is 13.2 Å². The van der Waals surface area contributed by atoms with Crippen molar-refractivity contribution >= 4 is 5.69 Å². The van der Waals surface area contributed by atoms with Gasteiger partial charge in [0.05, 0.1) is 12.1 Å². The Balaban J connectivity index is 1.99. The van der Waals surface area contributed by atoms with E-state index in [1.165, 1.54) is 5.69 Å². The Morgan fingerprint density at radius 3 is 2.30 bits per heavy atom. The molecule has 0 bridgehead atoms. The Hall–Kier alpha value is -1.10. The zero-order valence-corrected chi connectivity index (χ0v) is 12.7. The highest BCUT2D eigenvalue weighted by Crippen LogP contribution is 2.23. The SMILES string of the molecule is CCC(CN)(COC)N1CCN(c2ccccc2)CC1. The van der Waals surface area contributed by atoms with Crippen LogP contribution in [-0.4, -0.2) is 56.9 Å². The van der Waals surface area contributed by atoms with Crippen LogP contribution in [0.3, 0.4) is 0 Å². The first-order valence-corrected chi connectivity index (χ1v) is 7.50. The predicted molar refractivity (Wildman–Crippen MR) is 84.2 cm³/mol. The summed E-state index contributed by atoms with van der Waals surface area (Å²) in [5.41, 5.74) is 7.36. The van der Waals surface area contributed by atoms with E-state index in [9.17, 15) is 0 Å². The second-order valence-electron chi connectivity index (χ2n) is 5.52. The third-order valence-corrected chi connectivity index (χ3v) is 4.52. The van der Waals surface area contributed by atoms with Gasteiger partial charge in [-0.1, -0.05) is 25.1 Å². The van der Waals surface area contributed by atoms with Crippen LogP contribution in [0.4, 0.5) is 5.69 Å². The number of hydrogen-bond donors (Lipinski definition) is 1. The molecule has 1 atom stereocenters. The maximum Gasteiger partial charge on any atom is 0.0658 e. The Labute approximate surface area is 122 Å². The third-order valence-electron chi connectivity index (χ3n) is 4.52. The molecule has 2 N–H and O–H groups in total. The number of ether oxygens (including phenoxy) is 1. The van der Waals surface area contributed by atoms with Gasteiger partial charge in [0.1, 0.15) is 0 Å². The molecule has 0 amide bonds. The van der Waals surface area contributed by atoms with Crippen molar-refractivity contribution < 1.29 is 4.74 Å². The molecule has 4 nitrogen and oxygen atoms in total. The quantitative estimate of drug-likeness (QED) is 0.857. The van der Waals surface area contributed by atoms with E-state index >= 15 is 0 Å². The fourth-order valence-corrected chi connectivity index (χ4v) is 3.10. The van der Waals surface area contributed by atoms with Crippen LogP contribution in [0.2, 0.25) is 0 Å². The Bertz CT molecular complexity index is 384. The van der Waals surface area contributed by atoms with Gasteiger partial charge in [-0.2, -0.15) is 0 Å². The van der Waals surface area contributed by atoms with Crippen molar-refractivity contribution in [2.75, 3.05) is 51.3 Å². The molecule has 1 aliphatic heterocycles. The lowest BCUT2D eigenvalue weighted by Crippen LogP contribution is -2.62. The van der Waals surface area contributed by atoms with Gasteiger partial charge in [0, 0.05) is 45.5 Å². The van der Waals surface area contributed by atoms with Crippen LogP contribution in [0.1, 0.15) is 13.3 Å². The number of nitrogens with two attached hydrogens (primary N) is 1. The number of anilines is 1. The molecule has 0 aromatic heterocycles. The van der Waals surface area contributed by atoms with Gasteiger partial charge in [0.2, 0.25) is 0 Å². The van der Waals surface area contributed by atoms with E-state index in [-0.39, 0.29) is 5.54 Å². The van der Waals surface area contributed by atoms with E-state index < -0.39 is 0 Å². The highest BCUT2D eigenvalue weighted by Gasteiger charge is 2.35. The Morgan fingerprint density at radius 1 is 1.15 bits per heavy atom. The van der Waals surface area contributed by atoms with Gasteiger partial charge in [-0.3, -0.25) is 4.90 Å². The van der Waals surface area contributed by atoms with Crippen molar-refractivity contribution in [3.8, 4) is 0 Å². The average Bonchev–Trinajstić information content (AvgIpc) is 2.54. The first-order valence-electron chi connectivity index (χ1n) is 7.50. The number of benzene rings is 1. The first-order chi connectivity index (χ1) is 9.75. The fourth-order valence-electron chi connectivity index (χ4n) is 3.10. The summed E-state index contributed by atoms with van der Waals surface area (Å²) in [5, 5.41) is 0. The minimum atomic E-state index is -0.00245. The molecule has 1 saturated heterocycles. The number of hydrogen-bond acceptors (Lipinski definition) is 4. The molecule has 0 spiro atoms. The second kappa shape index (κ2) is 7.07. The number of piperazine rings is 1. The number of para-hydroxylation sites is 1. The summed E-state index contributed by atoms with van der Waals surface area (Å²) in [5.74, 6) is 0. The van der Waals surface area contributed by atoms with Gasteiger partial charge in [-0.05, 0) is 18.6 Å². The minimum Gasteiger partial charge on any atom is -0.383 e. The van der Waals surface area contributed by atoms with Gasteiger partial charge in [-0.25, -0.2) is 0 Å². The summed E-state index contributed by atoms with van der Waals surface area (Å²) in [4.78, 5) is 4.95. The van der Waals surface area contributed by atoms with Crippen LogP contribution >= 0.6 is 0 Å². The highest BCUT2D eigenvalue weighted by atomic mass is 16.5. The monoisotopic (exact) mass is 277 g/mol. The molecule has 1 unspecified atom stereocenters. The molecule has 0 radical (unpaired) electrons. The lowest BCUT2D eigenvalue weighted by atomic mass is 9.93. The maximum atomic E-state index is 6.05. The molecule has 1 aromatic rings. The molecule has 4 heteroatoms. The summed E-state index contributed by atoms with van der Waals surface area (Å²) in [6.07, 6.45) is 1.03. The maximum absolute atomic E-state index is 6.05. The lowest BCUT2D eigenvalue weighted by Gasteiger charge is -2.47. The molecule has 112 valence electrons. The van der Waals surface area contributed by atoms with Crippen LogP contribution in [0.25, 0.3) is 0 Å². The molecule has 2 rings (SSSR count). The van der Waals surface area contributed by atoms with Crippen molar-refractivity contribution in [1.82, 2.24) is 4.90 Å². The molecule has 1 aromatic carbocycles. The van der Waals surface area contributed by atoms with Gasteiger partial charge in [-0.15, -0.1) is 0 Å². The van der Waals surface area contributed by atoms with E-state index in [2.05, 4.69) is 47.1 Å². The molecule has 0 saturated carbocycles. The topological polar surface area (TPSA) is 41.7 Å². The summed E-state index contributed by atoms with van der Waals surface area (Å²) < 4.78 is 5.42. The summed E-state index contributed by atoms with van der Waals surface area (Å²) in [6.45, 7) is 7.76. The predicted octanol–water partition coefficient (Wildman–Crippen LogP) is 1.56. The Morgan fingerprint density at radius 2 is 1.80 bits per heavy atom. The fraction of sp³-hybridized carbons (Fsp3) is 0.625. The van der Waals surface area contributed by atoms with Crippen LogP contribution in [0, 0.1) is 0 Å². The van der Waals surface area contributed by atoms with Crippen molar-refractivity contribution in [1.29, 1.82) is 0 Å². The van der Waals surface area contributed by atoms with Gasteiger partial charge >= 0.3 is 0 Å². The third kappa shape index (κ3) is 3.14. The van der Waals surface area contributed by atoms with Crippen LogP contribution in [-0.2, 0) is 4.74 Å². The van der Waals surface area contributed by atoms with Gasteiger partial charge < -0.3 is 15.4 Å². The molecule has 1 aliphatic rings. The van der Waals surface area contributed by atoms with E-state index in [1.807, 2.05) is 0 Å². The van der Waals surface area contributed by atoms with Crippen molar-refractivity contribution in [2.24, 2.45) is 5.73 Å². The average molecular weight is 277 g/mol. The standard InChI is InChI=1S/C16H27N3O/c1-3-16(13-17,14-20-2)19-11-9-18(10-12-19)15-7-5-4-6-8-15/h4-8H,3,9-14,17H2,1-2H3. The summed E-state index contributed by atoms with van der Waals surface area (Å²) >= 11 is 0. The molecular weight excluding hydrogens is 250 g/mol. The Kier molecular flexibility index (Phi) is 5.40. The van der Waals surface area contributed by atoms with E-state index in [0.717, 1.165) is 32.6 Å². The van der Waals surface area contributed by atoms with Crippen LogP contribution in [0.15, 0.2) is 30.3 Å². The summed E-state index contributed by atoms with van der Waals surface area (Å²) in [6, 6.07) is 10.6. The highest BCUT2D eigenvalue weighted by molar-refractivity contribution is 5.46. The smallest absolute Gasteiger partial charge is 0.0658 e. The number of methoxy groups -OCH3 is 1. The second-order valence-corrected chi connectivity index (χ2v) is 5.52. The summed E-state index contributed by atoms with van der Waals surface area (Å²) in [7, 11) is 1.76. The van der Waals surface area contributed by atoms with Crippen LogP contribution in [0.5, 0.6) is 0 Å². The zero-order chi connectivity index (χ0) is 14.4. The lowest BCUT2D eigenvalue weighted by molar-refractivity contribution is 0.00856. The van der Waals surface area contributed by atoms with E-state index in [4.69, 9.17) is 10.5 Å². The normalized spacial score (nSPS) is 19.9. The number of rotatable bonds is 6. The largest absolute Gasteiger partial charge is 0.383 e. The van der Waals surface area contributed by atoms with Crippen molar-refractivity contribution in [2.45, 2.75) is 18.9 Å². The molecule has 20 heavy (non-hydrogen) atoms.